The Hall–Kier alpha value is 0.140. The van der Waals surface area contributed by atoms with E-state index in [1.165, 1.54) is 8.66 Å². The summed E-state index contributed by atoms with van der Waals surface area (Å²) in [7, 11) is 2.09. The van der Waals surface area contributed by atoms with Crippen LogP contribution in [0.4, 0.5) is 0 Å². The number of aliphatic imine (C=N–C) groups is 1. The average molecular weight is 502 g/mol. The normalized spacial score (nSPS) is 21.5. The first-order chi connectivity index (χ1) is 10.0. The topological polar surface area (TPSA) is 36.9 Å². The van der Waals surface area contributed by atoms with E-state index in [1.807, 2.05) is 0 Å². The zero-order chi connectivity index (χ0) is 15.3. The molecule has 0 bridgehead atoms. The van der Waals surface area contributed by atoms with Crippen LogP contribution in [-0.2, 0) is 11.3 Å². The minimum atomic E-state index is 0. The maximum absolute atomic E-state index is 5.50. The Morgan fingerprint density at radius 1 is 1.55 bits per heavy atom. The van der Waals surface area contributed by atoms with Crippen molar-refractivity contribution < 1.29 is 4.74 Å². The van der Waals surface area contributed by atoms with Crippen molar-refractivity contribution >= 4 is 57.2 Å². The van der Waals surface area contributed by atoms with Gasteiger partial charge >= 0.3 is 0 Å². The van der Waals surface area contributed by atoms with Crippen LogP contribution in [0.3, 0.4) is 0 Å². The molecule has 1 aromatic heterocycles. The van der Waals surface area contributed by atoms with Gasteiger partial charge in [0.25, 0.3) is 0 Å². The molecular weight excluding hydrogens is 477 g/mol. The van der Waals surface area contributed by atoms with Gasteiger partial charge in [-0.1, -0.05) is 6.92 Å². The van der Waals surface area contributed by atoms with E-state index in [1.54, 1.807) is 11.3 Å². The highest BCUT2D eigenvalue weighted by atomic mass is 127. The van der Waals surface area contributed by atoms with Crippen LogP contribution >= 0.6 is 51.2 Å². The minimum absolute atomic E-state index is 0. The standard InChI is InChI=1S/C15H24BrN3OS.HI/c1-4-17-14(18-10-15(2)7-8-20-11-15)19(3)9-12-5-6-13(16)21-12;/h5-6H,4,7-11H2,1-3H3,(H,17,18);1H. The van der Waals surface area contributed by atoms with Crippen LogP contribution < -0.4 is 5.32 Å². The van der Waals surface area contributed by atoms with E-state index < -0.39 is 0 Å². The molecule has 1 aliphatic heterocycles. The second-order valence-electron chi connectivity index (χ2n) is 5.85. The molecule has 0 amide bonds. The summed E-state index contributed by atoms with van der Waals surface area (Å²) in [5, 5.41) is 3.38. The molecule has 1 N–H and O–H groups in total. The molecule has 1 unspecified atom stereocenters. The Bertz CT molecular complexity index is 489. The fourth-order valence-corrected chi connectivity index (χ4v) is 3.85. The Kier molecular flexibility index (Phi) is 8.66. The van der Waals surface area contributed by atoms with Crippen LogP contribution in [-0.4, -0.2) is 44.2 Å². The third kappa shape index (κ3) is 5.98. The van der Waals surface area contributed by atoms with Crippen LogP contribution in [0.2, 0.25) is 0 Å². The molecule has 126 valence electrons. The molecule has 1 atom stereocenters. The van der Waals surface area contributed by atoms with Crippen molar-refractivity contribution in [2.24, 2.45) is 10.4 Å². The average Bonchev–Trinajstić information content (AvgIpc) is 3.04. The molecule has 2 heterocycles. The highest BCUT2D eigenvalue weighted by Gasteiger charge is 2.29. The molecule has 0 spiro atoms. The maximum Gasteiger partial charge on any atom is 0.194 e. The van der Waals surface area contributed by atoms with Gasteiger partial charge in [-0.3, -0.25) is 4.99 Å². The second kappa shape index (κ2) is 9.44. The number of hydrogen-bond donors (Lipinski definition) is 1. The summed E-state index contributed by atoms with van der Waals surface area (Å²) in [5.41, 5.74) is 0.188. The van der Waals surface area contributed by atoms with Crippen molar-refractivity contribution in [2.75, 3.05) is 33.4 Å². The summed E-state index contributed by atoms with van der Waals surface area (Å²) in [5.74, 6) is 0.968. The first kappa shape index (κ1) is 20.2. The lowest BCUT2D eigenvalue weighted by Gasteiger charge is -2.24. The number of hydrogen-bond acceptors (Lipinski definition) is 3. The van der Waals surface area contributed by atoms with Crippen molar-refractivity contribution in [3.63, 3.8) is 0 Å². The summed E-state index contributed by atoms with van der Waals surface area (Å²) in [6.45, 7) is 8.60. The molecular formula is C15H25BrIN3OS. The smallest absolute Gasteiger partial charge is 0.194 e. The van der Waals surface area contributed by atoms with Gasteiger partial charge < -0.3 is 15.0 Å². The molecule has 0 aromatic carbocycles. The van der Waals surface area contributed by atoms with Gasteiger partial charge in [-0.2, -0.15) is 0 Å². The quantitative estimate of drug-likeness (QED) is 0.377. The zero-order valence-electron chi connectivity index (χ0n) is 13.4. The van der Waals surface area contributed by atoms with E-state index in [-0.39, 0.29) is 29.4 Å². The van der Waals surface area contributed by atoms with E-state index in [2.05, 4.69) is 59.2 Å². The lowest BCUT2D eigenvalue weighted by atomic mass is 9.90. The van der Waals surface area contributed by atoms with E-state index in [9.17, 15) is 0 Å². The lowest BCUT2D eigenvalue weighted by Crippen LogP contribution is -2.39. The molecule has 0 aliphatic carbocycles. The Morgan fingerprint density at radius 2 is 2.32 bits per heavy atom. The largest absolute Gasteiger partial charge is 0.381 e. The van der Waals surface area contributed by atoms with Crippen molar-refractivity contribution in [1.29, 1.82) is 0 Å². The number of halogens is 2. The third-order valence-electron chi connectivity index (χ3n) is 3.63. The Labute approximate surface area is 162 Å². The van der Waals surface area contributed by atoms with Gasteiger partial charge in [0.05, 0.1) is 23.5 Å². The monoisotopic (exact) mass is 501 g/mol. The highest BCUT2D eigenvalue weighted by molar-refractivity contribution is 14.0. The van der Waals surface area contributed by atoms with Crippen LogP contribution in [0, 0.1) is 5.41 Å². The molecule has 1 aliphatic rings. The fourth-order valence-electron chi connectivity index (χ4n) is 2.31. The van der Waals surface area contributed by atoms with Gasteiger partial charge in [-0.15, -0.1) is 35.3 Å². The SMILES string of the molecule is CCNC(=NCC1(C)CCOC1)N(C)Cc1ccc(Br)s1.I. The summed E-state index contributed by atoms with van der Waals surface area (Å²) in [6, 6.07) is 4.25. The van der Waals surface area contributed by atoms with Crippen LogP contribution in [0.15, 0.2) is 20.9 Å². The molecule has 0 saturated carbocycles. The number of rotatable bonds is 5. The number of ether oxygens (including phenoxy) is 1. The van der Waals surface area contributed by atoms with Crippen LogP contribution in [0.5, 0.6) is 0 Å². The van der Waals surface area contributed by atoms with Gasteiger partial charge in [-0.25, -0.2) is 0 Å². The van der Waals surface area contributed by atoms with Crippen molar-refractivity contribution in [2.45, 2.75) is 26.8 Å². The van der Waals surface area contributed by atoms with Gasteiger partial charge in [0, 0.05) is 30.5 Å². The van der Waals surface area contributed by atoms with Crippen molar-refractivity contribution in [1.82, 2.24) is 10.2 Å². The van der Waals surface area contributed by atoms with E-state index in [0.717, 1.165) is 45.2 Å². The zero-order valence-corrected chi connectivity index (χ0v) is 18.1. The Morgan fingerprint density at radius 3 is 2.86 bits per heavy atom. The Balaban J connectivity index is 0.00000242. The molecule has 1 fully saturated rings. The van der Waals surface area contributed by atoms with Gasteiger partial charge in [0.2, 0.25) is 0 Å². The minimum Gasteiger partial charge on any atom is -0.381 e. The predicted molar refractivity (Wildman–Crippen MR) is 108 cm³/mol. The van der Waals surface area contributed by atoms with Crippen molar-refractivity contribution in [3.05, 3.63) is 20.8 Å². The fraction of sp³-hybridized carbons (Fsp3) is 0.667. The first-order valence-electron chi connectivity index (χ1n) is 7.34. The second-order valence-corrected chi connectivity index (χ2v) is 8.39. The van der Waals surface area contributed by atoms with E-state index >= 15 is 0 Å². The molecule has 4 nitrogen and oxygen atoms in total. The third-order valence-corrected chi connectivity index (χ3v) is 5.24. The number of guanidine groups is 1. The maximum atomic E-state index is 5.50. The van der Waals surface area contributed by atoms with Crippen LogP contribution in [0.25, 0.3) is 0 Å². The first-order valence-corrected chi connectivity index (χ1v) is 8.95. The summed E-state index contributed by atoms with van der Waals surface area (Å²) in [6.07, 6.45) is 1.09. The lowest BCUT2D eigenvalue weighted by molar-refractivity contribution is 0.162. The molecule has 1 aromatic rings. The van der Waals surface area contributed by atoms with Gasteiger partial charge in [0.1, 0.15) is 0 Å². The number of nitrogens with one attached hydrogen (secondary N) is 1. The van der Waals surface area contributed by atoms with Crippen LogP contribution in [0.1, 0.15) is 25.1 Å². The van der Waals surface area contributed by atoms with Gasteiger partial charge in [-0.05, 0) is 41.4 Å². The van der Waals surface area contributed by atoms with E-state index in [0.29, 0.717) is 0 Å². The molecule has 0 radical (unpaired) electrons. The number of thiophene rings is 1. The highest BCUT2D eigenvalue weighted by Crippen LogP contribution is 2.28. The molecule has 1 saturated heterocycles. The summed E-state index contributed by atoms with van der Waals surface area (Å²) < 4.78 is 6.67. The van der Waals surface area contributed by atoms with E-state index in [4.69, 9.17) is 9.73 Å². The van der Waals surface area contributed by atoms with Gasteiger partial charge in [0.15, 0.2) is 5.96 Å². The molecule has 7 heteroatoms. The number of nitrogens with zero attached hydrogens (tertiary/aromatic N) is 2. The summed E-state index contributed by atoms with van der Waals surface area (Å²) in [4.78, 5) is 8.32. The van der Waals surface area contributed by atoms with Crippen molar-refractivity contribution in [3.8, 4) is 0 Å². The summed E-state index contributed by atoms with van der Waals surface area (Å²) >= 11 is 5.28. The predicted octanol–water partition coefficient (Wildman–Crippen LogP) is 3.95. The molecule has 2 rings (SSSR count). The molecule has 22 heavy (non-hydrogen) atoms.